The van der Waals surface area contributed by atoms with Crippen LogP contribution < -0.4 is 30.8 Å². The zero-order valence-electron chi connectivity index (χ0n) is 15.6. The van der Waals surface area contributed by atoms with Gasteiger partial charge in [-0.15, -0.1) is 0 Å². The Morgan fingerprint density at radius 2 is 1.75 bits per heavy atom. The third-order valence-electron chi connectivity index (χ3n) is 4.56. The fourth-order valence-corrected chi connectivity index (χ4v) is 3.34. The highest BCUT2D eigenvalue weighted by Gasteiger charge is 2.27. The molecule has 1 aliphatic rings. The van der Waals surface area contributed by atoms with Crippen molar-refractivity contribution in [1.82, 2.24) is 9.55 Å². The standard InChI is InChI=1S/C19H19N5O4/c1-26-13-8-10(9-14(27-2)15(13)28-3)16-21-18(20)23-19-22-17(25)11-6-4-5-7-12(11)24(16)19/h4-9,16H,1-3H3,(H3,20,21,22,23,25)/t16-/m1/s1. The number of hydrogen-bond acceptors (Lipinski definition) is 8. The van der Waals surface area contributed by atoms with E-state index in [-0.39, 0.29) is 11.5 Å². The van der Waals surface area contributed by atoms with Crippen molar-refractivity contribution in [3.63, 3.8) is 0 Å². The number of nitrogens with zero attached hydrogens (tertiary/aromatic N) is 3. The van der Waals surface area contributed by atoms with Gasteiger partial charge in [0.1, 0.15) is 0 Å². The number of aromatic nitrogens is 2. The lowest BCUT2D eigenvalue weighted by Crippen LogP contribution is -2.34. The van der Waals surface area contributed by atoms with E-state index in [0.29, 0.717) is 34.1 Å². The van der Waals surface area contributed by atoms with Gasteiger partial charge in [-0.25, -0.2) is 4.99 Å². The number of nitrogens with two attached hydrogens (primary N) is 1. The van der Waals surface area contributed by atoms with Crippen LogP contribution in [0.25, 0.3) is 10.9 Å². The smallest absolute Gasteiger partial charge is 0.282 e. The van der Waals surface area contributed by atoms with Gasteiger partial charge in [-0.05, 0) is 24.3 Å². The van der Waals surface area contributed by atoms with E-state index < -0.39 is 6.17 Å². The Hall–Kier alpha value is -3.75. The van der Waals surface area contributed by atoms with E-state index in [9.17, 15) is 4.79 Å². The van der Waals surface area contributed by atoms with Crippen LogP contribution in [-0.2, 0) is 0 Å². The van der Waals surface area contributed by atoms with Crippen molar-refractivity contribution in [3.8, 4) is 17.2 Å². The maximum atomic E-state index is 12.4. The van der Waals surface area contributed by atoms with Crippen molar-refractivity contribution in [2.24, 2.45) is 10.7 Å². The molecule has 0 amide bonds. The summed E-state index contributed by atoms with van der Waals surface area (Å²) in [4.78, 5) is 21.1. The normalized spacial score (nSPS) is 15.4. The number of ether oxygens (including phenoxy) is 3. The second kappa shape index (κ2) is 6.76. The third-order valence-corrected chi connectivity index (χ3v) is 4.56. The Labute approximate surface area is 160 Å². The molecule has 0 fully saturated rings. The summed E-state index contributed by atoms with van der Waals surface area (Å²) < 4.78 is 18.1. The van der Waals surface area contributed by atoms with Gasteiger partial charge in [-0.2, -0.15) is 4.98 Å². The topological polar surface area (TPSA) is 113 Å². The van der Waals surface area contributed by atoms with Crippen molar-refractivity contribution in [2.75, 3.05) is 26.6 Å². The van der Waals surface area contributed by atoms with Gasteiger partial charge in [0.05, 0.1) is 32.2 Å². The van der Waals surface area contributed by atoms with Crippen LogP contribution in [0.2, 0.25) is 0 Å². The maximum absolute atomic E-state index is 12.4. The predicted molar refractivity (Wildman–Crippen MR) is 105 cm³/mol. The van der Waals surface area contributed by atoms with Gasteiger partial charge in [0.2, 0.25) is 11.7 Å². The summed E-state index contributed by atoms with van der Waals surface area (Å²) >= 11 is 0. The zero-order valence-corrected chi connectivity index (χ0v) is 15.6. The first kappa shape index (κ1) is 17.7. The Balaban J connectivity index is 2.01. The number of benzene rings is 2. The van der Waals surface area contributed by atoms with E-state index in [1.54, 1.807) is 38.5 Å². The molecular weight excluding hydrogens is 362 g/mol. The Bertz CT molecular complexity index is 1130. The number of para-hydroxylation sites is 1. The summed E-state index contributed by atoms with van der Waals surface area (Å²) in [7, 11) is 4.63. The van der Waals surface area contributed by atoms with E-state index in [0.717, 1.165) is 5.56 Å². The van der Waals surface area contributed by atoms with E-state index in [4.69, 9.17) is 19.9 Å². The molecule has 9 nitrogen and oxygen atoms in total. The van der Waals surface area contributed by atoms with Crippen LogP contribution in [0.3, 0.4) is 0 Å². The molecule has 0 saturated carbocycles. The largest absolute Gasteiger partial charge is 0.493 e. The van der Waals surface area contributed by atoms with Crippen molar-refractivity contribution in [1.29, 1.82) is 0 Å². The lowest BCUT2D eigenvalue weighted by atomic mass is 10.1. The molecule has 0 saturated heterocycles. The second-order valence-corrected chi connectivity index (χ2v) is 6.10. The molecule has 9 heteroatoms. The first-order chi connectivity index (χ1) is 13.6. The quantitative estimate of drug-likeness (QED) is 0.707. The predicted octanol–water partition coefficient (Wildman–Crippen LogP) is 1.71. The Kier molecular flexibility index (Phi) is 4.26. The van der Waals surface area contributed by atoms with Gasteiger partial charge in [0.25, 0.3) is 5.56 Å². The molecule has 28 heavy (non-hydrogen) atoms. The molecular formula is C19H19N5O4. The molecule has 1 aromatic heterocycles. The first-order valence-corrected chi connectivity index (χ1v) is 8.49. The summed E-state index contributed by atoms with van der Waals surface area (Å²) in [6.45, 7) is 0. The average molecular weight is 381 g/mol. The van der Waals surface area contributed by atoms with Gasteiger partial charge in [0, 0.05) is 5.56 Å². The Morgan fingerprint density at radius 3 is 2.39 bits per heavy atom. The lowest BCUT2D eigenvalue weighted by molar-refractivity contribution is 0.323. The summed E-state index contributed by atoms with van der Waals surface area (Å²) in [6.07, 6.45) is -0.581. The van der Waals surface area contributed by atoms with Crippen molar-refractivity contribution in [2.45, 2.75) is 6.17 Å². The van der Waals surface area contributed by atoms with Crippen LogP contribution in [0.5, 0.6) is 17.2 Å². The molecule has 0 aliphatic carbocycles. The third kappa shape index (κ3) is 2.68. The molecule has 1 atom stereocenters. The highest BCUT2D eigenvalue weighted by atomic mass is 16.5. The fourth-order valence-electron chi connectivity index (χ4n) is 3.34. The highest BCUT2D eigenvalue weighted by molar-refractivity contribution is 5.93. The minimum atomic E-state index is -0.581. The van der Waals surface area contributed by atoms with Crippen molar-refractivity contribution >= 4 is 22.8 Å². The maximum Gasteiger partial charge on any atom is 0.282 e. The SMILES string of the molecule is COc1cc([C@@H]2N=C(N)Nc3nc(=O)c4ccccc4n32)cc(OC)c1OC. The first-order valence-electron chi connectivity index (χ1n) is 8.49. The van der Waals surface area contributed by atoms with E-state index >= 15 is 0 Å². The lowest BCUT2D eigenvalue weighted by Gasteiger charge is -2.28. The molecule has 3 N–H and O–H groups in total. The molecule has 144 valence electrons. The van der Waals surface area contributed by atoms with Crippen LogP contribution in [0, 0.1) is 0 Å². The average Bonchev–Trinajstić information content (AvgIpc) is 2.71. The minimum absolute atomic E-state index is 0.154. The van der Waals surface area contributed by atoms with Crippen LogP contribution in [-0.4, -0.2) is 36.8 Å². The van der Waals surface area contributed by atoms with E-state index in [1.165, 1.54) is 7.11 Å². The number of nitrogens with one attached hydrogen (secondary N) is 1. The summed E-state index contributed by atoms with van der Waals surface area (Å²) in [5.41, 5.74) is 7.04. The van der Waals surface area contributed by atoms with Crippen molar-refractivity contribution in [3.05, 3.63) is 52.3 Å². The monoisotopic (exact) mass is 381 g/mol. The molecule has 0 unspecified atom stereocenters. The minimum Gasteiger partial charge on any atom is -0.493 e. The van der Waals surface area contributed by atoms with Crippen LogP contribution in [0.1, 0.15) is 11.7 Å². The van der Waals surface area contributed by atoms with Gasteiger partial charge in [-0.3, -0.25) is 14.7 Å². The number of aliphatic imine (C=N–C) groups is 1. The summed E-state index contributed by atoms with van der Waals surface area (Å²) in [5, 5.41) is 3.35. The fraction of sp³-hybridized carbons (Fsp3) is 0.211. The number of fused-ring (bicyclic) bond motifs is 3. The summed E-state index contributed by atoms with van der Waals surface area (Å²) in [5.74, 6) is 1.92. The second-order valence-electron chi connectivity index (χ2n) is 6.10. The number of anilines is 1. The molecule has 2 heterocycles. The number of rotatable bonds is 4. The van der Waals surface area contributed by atoms with Gasteiger partial charge < -0.3 is 19.9 Å². The molecule has 2 aromatic carbocycles. The molecule has 0 radical (unpaired) electrons. The van der Waals surface area contributed by atoms with Crippen LogP contribution in [0.4, 0.5) is 5.95 Å². The number of guanidine groups is 1. The molecule has 0 bridgehead atoms. The van der Waals surface area contributed by atoms with Crippen LogP contribution in [0.15, 0.2) is 46.2 Å². The van der Waals surface area contributed by atoms with Gasteiger partial charge >= 0.3 is 0 Å². The summed E-state index contributed by atoms with van der Waals surface area (Å²) in [6, 6.07) is 10.8. The van der Waals surface area contributed by atoms with E-state index in [1.807, 2.05) is 16.7 Å². The molecule has 4 rings (SSSR count). The van der Waals surface area contributed by atoms with E-state index in [2.05, 4.69) is 15.3 Å². The van der Waals surface area contributed by atoms with Crippen LogP contribution >= 0.6 is 0 Å². The number of hydrogen-bond donors (Lipinski definition) is 2. The van der Waals surface area contributed by atoms with Gasteiger partial charge in [0.15, 0.2) is 23.6 Å². The highest BCUT2D eigenvalue weighted by Crippen LogP contribution is 2.41. The van der Waals surface area contributed by atoms with Gasteiger partial charge in [-0.1, -0.05) is 12.1 Å². The zero-order chi connectivity index (χ0) is 19.8. The van der Waals surface area contributed by atoms with Crippen molar-refractivity contribution < 1.29 is 14.2 Å². The molecule has 1 aliphatic heterocycles. The molecule has 3 aromatic rings. The number of methoxy groups -OCH3 is 3. The Morgan fingerprint density at radius 1 is 1.07 bits per heavy atom. The molecule has 0 spiro atoms.